The van der Waals surface area contributed by atoms with E-state index in [0.29, 0.717) is 5.56 Å². The molecule has 0 aliphatic rings. The summed E-state index contributed by atoms with van der Waals surface area (Å²) in [6, 6.07) is 7.04. The standard InChI is InChI=1S/C13H21O5P/c1-4-17-19(16,18-5-2)13(15)12(14)11-9-7-6-8-10(11)3/h6-9,12-15H,4-5H2,1-3H3/t12-,13+/m0/s1. The van der Waals surface area contributed by atoms with Gasteiger partial charge in [0.15, 0.2) is 5.85 Å². The Balaban J connectivity index is 3.00. The molecule has 19 heavy (non-hydrogen) atoms. The molecular weight excluding hydrogens is 267 g/mol. The summed E-state index contributed by atoms with van der Waals surface area (Å²) in [5, 5.41) is 20.3. The van der Waals surface area contributed by atoms with Crippen LogP contribution in [-0.2, 0) is 13.6 Å². The molecule has 0 bridgehead atoms. The Labute approximate surface area is 113 Å². The summed E-state index contributed by atoms with van der Waals surface area (Å²) in [6.45, 7) is 5.37. The van der Waals surface area contributed by atoms with Crippen molar-refractivity contribution in [1.82, 2.24) is 0 Å². The SMILES string of the molecule is CCOP(=O)(OCC)[C@@H](O)[C@@H](O)c1ccccc1C. The molecule has 0 aromatic heterocycles. The monoisotopic (exact) mass is 288 g/mol. The largest absolute Gasteiger partial charge is 0.385 e. The van der Waals surface area contributed by atoms with Crippen LogP contribution >= 0.6 is 7.60 Å². The van der Waals surface area contributed by atoms with E-state index in [0.717, 1.165) is 5.56 Å². The van der Waals surface area contributed by atoms with Gasteiger partial charge in [0, 0.05) is 0 Å². The molecule has 0 amide bonds. The first-order valence-electron chi connectivity index (χ1n) is 6.26. The van der Waals surface area contributed by atoms with Gasteiger partial charge in [0.1, 0.15) is 6.10 Å². The number of benzene rings is 1. The minimum Gasteiger partial charge on any atom is -0.385 e. The fraction of sp³-hybridized carbons (Fsp3) is 0.538. The Hall–Kier alpha value is -0.710. The van der Waals surface area contributed by atoms with Gasteiger partial charge in [-0.3, -0.25) is 4.57 Å². The van der Waals surface area contributed by atoms with Gasteiger partial charge in [-0.15, -0.1) is 0 Å². The smallest absolute Gasteiger partial charge is 0.361 e. The van der Waals surface area contributed by atoms with Crippen molar-refractivity contribution in [2.24, 2.45) is 0 Å². The van der Waals surface area contributed by atoms with Crippen LogP contribution in [0, 0.1) is 6.92 Å². The second-order valence-corrected chi connectivity index (χ2v) is 6.22. The zero-order chi connectivity index (χ0) is 14.5. The minimum absolute atomic E-state index is 0.134. The Bertz CT molecular complexity index is 438. The molecule has 0 unspecified atom stereocenters. The molecule has 6 heteroatoms. The van der Waals surface area contributed by atoms with Crippen molar-refractivity contribution in [2.75, 3.05) is 13.2 Å². The third-order valence-corrected chi connectivity index (χ3v) is 4.90. The highest BCUT2D eigenvalue weighted by atomic mass is 31.2. The number of hydrogen-bond donors (Lipinski definition) is 2. The zero-order valence-electron chi connectivity index (χ0n) is 11.4. The van der Waals surface area contributed by atoms with Crippen LogP contribution in [0.2, 0.25) is 0 Å². The lowest BCUT2D eigenvalue weighted by Gasteiger charge is -2.26. The number of aryl methyl sites for hydroxylation is 1. The number of aliphatic hydroxyl groups excluding tert-OH is 2. The summed E-state index contributed by atoms with van der Waals surface area (Å²) >= 11 is 0. The van der Waals surface area contributed by atoms with Gasteiger partial charge in [-0.1, -0.05) is 24.3 Å². The minimum atomic E-state index is -3.75. The van der Waals surface area contributed by atoms with E-state index in [9.17, 15) is 14.8 Å². The molecule has 5 nitrogen and oxygen atoms in total. The summed E-state index contributed by atoms with van der Waals surface area (Å²) in [5.74, 6) is -1.60. The first kappa shape index (κ1) is 16.3. The van der Waals surface area contributed by atoms with Crippen molar-refractivity contribution in [1.29, 1.82) is 0 Å². The average molecular weight is 288 g/mol. The molecule has 0 saturated carbocycles. The Morgan fingerprint density at radius 2 is 1.68 bits per heavy atom. The molecule has 0 saturated heterocycles. The van der Waals surface area contributed by atoms with Crippen LogP contribution in [0.15, 0.2) is 24.3 Å². The van der Waals surface area contributed by atoms with Crippen molar-refractivity contribution in [3.05, 3.63) is 35.4 Å². The fourth-order valence-corrected chi connectivity index (χ4v) is 3.41. The molecule has 2 atom stereocenters. The lowest BCUT2D eigenvalue weighted by molar-refractivity contribution is 0.0397. The highest BCUT2D eigenvalue weighted by Crippen LogP contribution is 2.55. The molecule has 0 heterocycles. The zero-order valence-corrected chi connectivity index (χ0v) is 12.3. The van der Waals surface area contributed by atoms with Crippen LogP contribution in [0.4, 0.5) is 0 Å². The van der Waals surface area contributed by atoms with E-state index in [4.69, 9.17) is 9.05 Å². The maximum Gasteiger partial charge on any atom is 0.361 e. The Kier molecular flexibility index (Phi) is 6.17. The van der Waals surface area contributed by atoms with Gasteiger partial charge >= 0.3 is 7.60 Å². The molecule has 108 valence electrons. The molecule has 0 aliphatic carbocycles. The lowest BCUT2D eigenvalue weighted by Crippen LogP contribution is -2.22. The van der Waals surface area contributed by atoms with E-state index in [1.165, 1.54) is 0 Å². The van der Waals surface area contributed by atoms with E-state index in [-0.39, 0.29) is 13.2 Å². The molecule has 0 spiro atoms. The van der Waals surface area contributed by atoms with Gasteiger partial charge in [-0.05, 0) is 31.9 Å². The third kappa shape index (κ3) is 3.88. The normalized spacial score (nSPS) is 15.2. The maximum absolute atomic E-state index is 12.4. The highest BCUT2D eigenvalue weighted by Gasteiger charge is 2.40. The van der Waals surface area contributed by atoms with Crippen molar-refractivity contribution >= 4 is 7.60 Å². The second-order valence-electron chi connectivity index (χ2n) is 4.09. The quantitative estimate of drug-likeness (QED) is 0.754. The number of aliphatic hydroxyl groups is 2. The van der Waals surface area contributed by atoms with Gasteiger partial charge < -0.3 is 19.3 Å². The van der Waals surface area contributed by atoms with Crippen LogP contribution in [0.5, 0.6) is 0 Å². The summed E-state index contributed by atoms with van der Waals surface area (Å²) in [4.78, 5) is 0. The van der Waals surface area contributed by atoms with Crippen LogP contribution < -0.4 is 0 Å². The van der Waals surface area contributed by atoms with Gasteiger partial charge in [0.2, 0.25) is 0 Å². The predicted octanol–water partition coefficient (Wildman–Crippen LogP) is 2.61. The fourth-order valence-electron chi connectivity index (χ4n) is 1.80. The van der Waals surface area contributed by atoms with E-state index < -0.39 is 19.5 Å². The van der Waals surface area contributed by atoms with Crippen molar-refractivity contribution in [2.45, 2.75) is 32.7 Å². The second kappa shape index (κ2) is 7.17. The van der Waals surface area contributed by atoms with Crippen LogP contribution in [-0.4, -0.2) is 29.3 Å². The molecule has 1 aromatic rings. The molecule has 0 aliphatic heterocycles. The van der Waals surface area contributed by atoms with Gasteiger partial charge in [0.05, 0.1) is 13.2 Å². The van der Waals surface area contributed by atoms with Gasteiger partial charge in [-0.25, -0.2) is 0 Å². The topological polar surface area (TPSA) is 76.0 Å². The number of rotatable bonds is 7. The van der Waals surface area contributed by atoms with Gasteiger partial charge in [-0.2, -0.15) is 0 Å². The van der Waals surface area contributed by atoms with Crippen molar-refractivity contribution < 1.29 is 23.8 Å². The first-order chi connectivity index (χ1) is 8.96. The Morgan fingerprint density at radius 3 is 2.16 bits per heavy atom. The summed E-state index contributed by atoms with van der Waals surface area (Å²) in [5.41, 5.74) is 1.31. The summed E-state index contributed by atoms with van der Waals surface area (Å²) in [6.07, 6.45) is -1.31. The summed E-state index contributed by atoms with van der Waals surface area (Å²) in [7, 11) is -3.75. The van der Waals surface area contributed by atoms with Crippen LogP contribution in [0.25, 0.3) is 0 Å². The van der Waals surface area contributed by atoms with Crippen LogP contribution in [0.3, 0.4) is 0 Å². The number of hydrogen-bond acceptors (Lipinski definition) is 5. The molecule has 0 radical (unpaired) electrons. The first-order valence-corrected chi connectivity index (χ1v) is 7.88. The highest BCUT2D eigenvalue weighted by molar-refractivity contribution is 7.54. The van der Waals surface area contributed by atoms with Crippen LogP contribution in [0.1, 0.15) is 31.1 Å². The maximum atomic E-state index is 12.4. The molecule has 2 N–H and O–H groups in total. The molecular formula is C13H21O5P. The Morgan fingerprint density at radius 1 is 1.16 bits per heavy atom. The average Bonchev–Trinajstić information content (AvgIpc) is 2.38. The third-order valence-electron chi connectivity index (χ3n) is 2.73. The summed E-state index contributed by atoms with van der Waals surface area (Å²) < 4.78 is 22.5. The molecule has 1 rings (SSSR count). The lowest BCUT2D eigenvalue weighted by atomic mass is 10.0. The van der Waals surface area contributed by atoms with Crippen molar-refractivity contribution in [3.63, 3.8) is 0 Å². The predicted molar refractivity (Wildman–Crippen MR) is 73.0 cm³/mol. The molecule has 1 aromatic carbocycles. The molecule has 0 fully saturated rings. The van der Waals surface area contributed by atoms with E-state index in [1.54, 1.807) is 39.0 Å². The van der Waals surface area contributed by atoms with E-state index >= 15 is 0 Å². The van der Waals surface area contributed by atoms with Crippen molar-refractivity contribution in [3.8, 4) is 0 Å². The van der Waals surface area contributed by atoms with Gasteiger partial charge in [0.25, 0.3) is 0 Å². The van der Waals surface area contributed by atoms with E-state index in [2.05, 4.69) is 0 Å². The van der Waals surface area contributed by atoms with E-state index in [1.807, 2.05) is 6.07 Å².